The zero-order chi connectivity index (χ0) is 36.0. The predicted molar refractivity (Wildman–Crippen MR) is 187 cm³/mol. The fourth-order valence-corrected chi connectivity index (χ4v) is 8.37. The van der Waals surface area contributed by atoms with E-state index in [0.717, 1.165) is 70.6 Å². The van der Waals surface area contributed by atoms with E-state index in [0.29, 0.717) is 6.42 Å². The Morgan fingerprint density at radius 2 is 1.47 bits per heavy atom. The summed E-state index contributed by atoms with van der Waals surface area (Å²) < 4.78 is 38.0. The standard InChI is InChI=1S/C39H67NO9/c1-11-13-27(40(10)38(43)49-39(7,8)9)21-29-15-17-31(44-29)23(3)35-24(4)32-19-20-34(47-32)26(6)36(41)46-28(14-12-2)22-30-16-18-33(45-30)25(5)37(42)48-35/h23-35H,11-22H2,1-10H3/t23-,24-,25-,26-,27-,28-,29+,30+,31-,32+,33-,34-,35+/m1/s1. The summed E-state index contributed by atoms with van der Waals surface area (Å²) in [7, 11) is 1.82. The number of nitrogens with zero attached hydrogens (tertiary/aromatic N) is 1. The summed E-state index contributed by atoms with van der Waals surface area (Å²) in [5.41, 5.74) is -0.559. The SMILES string of the molecule is CCC[C@@H]1C[C@@H]2CC[C@@H](O2)[C@@H](C)C(=O)O[C@@H]([C@H](C)[C@H]2CC[C@@H](C[C@@H](CCC)N(C)C(=O)OC(C)(C)C)O2)[C@H](C)[C@@H]2CC[C@@H](O2)[C@@H](C)C(=O)O1. The number of rotatable bonds is 9. The zero-order valence-corrected chi connectivity index (χ0v) is 32.1. The van der Waals surface area contributed by atoms with Gasteiger partial charge in [0, 0.05) is 31.3 Å². The molecule has 4 saturated heterocycles. The number of fused-ring (bicyclic) bond motifs is 4. The molecule has 282 valence electrons. The summed E-state index contributed by atoms with van der Waals surface area (Å²) in [6.07, 6.45) is 8.02. The zero-order valence-electron chi connectivity index (χ0n) is 32.1. The van der Waals surface area contributed by atoms with Crippen molar-refractivity contribution in [3.63, 3.8) is 0 Å². The van der Waals surface area contributed by atoms with Crippen LogP contribution < -0.4 is 0 Å². The predicted octanol–water partition coefficient (Wildman–Crippen LogP) is 7.63. The molecule has 0 aromatic carbocycles. The minimum absolute atomic E-state index is 0.00383. The summed E-state index contributed by atoms with van der Waals surface area (Å²) >= 11 is 0. The van der Waals surface area contributed by atoms with E-state index in [1.165, 1.54) is 0 Å². The van der Waals surface area contributed by atoms with Gasteiger partial charge in [-0.3, -0.25) is 9.59 Å². The van der Waals surface area contributed by atoms with Gasteiger partial charge in [-0.05, 0) is 92.4 Å². The first kappa shape index (κ1) is 39.9. The molecule has 0 spiro atoms. The van der Waals surface area contributed by atoms with Crippen LogP contribution in [-0.2, 0) is 38.0 Å². The maximum Gasteiger partial charge on any atom is 0.410 e. The van der Waals surface area contributed by atoms with Gasteiger partial charge in [-0.15, -0.1) is 0 Å². The van der Waals surface area contributed by atoms with Gasteiger partial charge in [0.25, 0.3) is 0 Å². The Morgan fingerprint density at radius 3 is 2.12 bits per heavy atom. The summed E-state index contributed by atoms with van der Waals surface area (Å²) in [4.78, 5) is 41.8. The molecule has 10 nitrogen and oxygen atoms in total. The smallest absolute Gasteiger partial charge is 0.410 e. The highest BCUT2D eigenvalue weighted by Gasteiger charge is 2.46. The molecule has 0 saturated carbocycles. The Bertz CT molecular complexity index is 1090. The highest BCUT2D eigenvalue weighted by Crippen LogP contribution is 2.40. The second-order valence-corrected chi connectivity index (χ2v) is 16.6. The third-order valence-electron chi connectivity index (χ3n) is 11.5. The van der Waals surface area contributed by atoms with Crippen molar-refractivity contribution in [2.24, 2.45) is 23.7 Å². The molecule has 0 unspecified atom stereocenters. The number of hydrogen-bond acceptors (Lipinski definition) is 9. The molecule has 0 aromatic rings. The molecule has 49 heavy (non-hydrogen) atoms. The van der Waals surface area contributed by atoms with Crippen LogP contribution in [0.5, 0.6) is 0 Å². The van der Waals surface area contributed by atoms with E-state index in [1.807, 2.05) is 41.7 Å². The summed E-state index contributed by atoms with van der Waals surface area (Å²) in [5, 5.41) is 0. The molecule has 4 fully saturated rings. The van der Waals surface area contributed by atoms with Crippen LogP contribution in [0.1, 0.15) is 139 Å². The van der Waals surface area contributed by atoms with Crippen LogP contribution in [0.25, 0.3) is 0 Å². The summed E-state index contributed by atoms with van der Waals surface area (Å²) in [5.74, 6) is -1.43. The molecule has 0 N–H and O–H groups in total. The van der Waals surface area contributed by atoms with Crippen molar-refractivity contribution >= 4 is 18.0 Å². The number of esters is 2. The third-order valence-corrected chi connectivity index (χ3v) is 11.5. The lowest BCUT2D eigenvalue weighted by atomic mass is 9.84. The molecule has 10 heteroatoms. The van der Waals surface area contributed by atoms with Crippen LogP contribution in [0.3, 0.4) is 0 Å². The lowest BCUT2D eigenvalue weighted by molar-refractivity contribution is -0.175. The molecule has 4 aliphatic rings. The van der Waals surface area contributed by atoms with Crippen LogP contribution in [0.15, 0.2) is 0 Å². The van der Waals surface area contributed by atoms with E-state index >= 15 is 0 Å². The van der Waals surface area contributed by atoms with Gasteiger partial charge in [0.1, 0.15) is 17.8 Å². The number of hydrogen-bond donors (Lipinski definition) is 0. The third kappa shape index (κ3) is 10.6. The highest BCUT2D eigenvalue weighted by molar-refractivity contribution is 5.73. The first-order chi connectivity index (χ1) is 23.1. The summed E-state index contributed by atoms with van der Waals surface area (Å²) in [6.45, 7) is 17.9. The fourth-order valence-electron chi connectivity index (χ4n) is 8.37. The van der Waals surface area contributed by atoms with Crippen molar-refractivity contribution in [1.82, 2.24) is 4.90 Å². The van der Waals surface area contributed by atoms with Crippen molar-refractivity contribution in [1.29, 1.82) is 0 Å². The second kappa shape index (κ2) is 17.5. The van der Waals surface area contributed by atoms with Gasteiger partial charge in [-0.1, -0.05) is 40.5 Å². The van der Waals surface area contributed by atoms with Gasteiger partial charge >= 0.3 is 18.0 Å². The maximum atomic E-state index is 13.9. The largest absolute Gasteiger partial charge is 0.462 e. The number of ether oxygens (including phenoxy) is 6. The lowest BCUT2D eigenvalue weighted by Crippen LogP contribution is -2.45. The van der Waals surface area contributed by atoms with Crippen molar-refractivity contribution < 1.29 is 42.8 Å². The topological polar surface area (TPSA) is 110 Å². The Labute approximate surface area is 296 Å². The van der Waals surface area contributed by atoms with Crippen molar-refractivity contribution in [3.8, 4) is 0 Å². The van der Waals surface area contributed by atoms with E-state index in [2.05, 4.69) is 27.7 Å². The van der Waals surface area contributed by atoms with Crippen LogP contribution in [0, 0.1) is 23.7 Å². The number of carbonyl (C=O) groups is 3. The van der Waals surface area contributed by atoms with E-state index < -0.39 is 17.6 Å². The van der Waals surface area contributed by atoms with Gasteiger partial charge in [-0.2, -0.15) is 0 Å². The van der Waals surface area contributed by atoms with Crippen LogP contribution in [0.4, 0.5) is 4.79 Å². The molecule has 0 aliphatic carbocycles. The van der Waals surface area contributed by atoms with Crippen molar-refractivity contribution in [3.05, 3.63) is 0 Å². The molecule has 13 atom stereocenters. The number of amides is 1. The maximum absolute atomic E-state index is 13.9. The molecule has 4 bridgehead atoms. The molecule has 4 rings (SSSR count). The van der Waals surface area contributed by atoms with Crippen molar-refractivity contribution in [2.45, 2.75) is 200 Å². The van der Waals surface area contributed by atoms with E-state index in [-0.39, 0.29) is 84.6 Å². The van der Waals surface area contributed by atoms with E-state index in [1.54, 1.807) is 4.90 Å². The van der Waals surface area contributed by atoms with Gasteiger partial charge in [0.05, 0.1) is 48.5 Å². The van der Waals surface area contributed by atoms with Crippen molar-refractivity contribution in [2.75, 3.05) is 7.05 Å². The molecule has 1 amide bonds. The highest BCUT2D eigenvalue weighted by atomic mass is 16.6. The van der Waals surface area contributed by atoms with Crippen LogP contribution in [-0.4, -0.2) is 90.5 Å². The number of carbonyl (C=O) groups excluding carboxylic acids is 3. The Kier molecular flexibility index (Phi) is 14.3. The second-order valence-electron chi connectivity index (χ2n) is 16.6. The Balaban J connectivity index is 1.49. The molecule has 0 aromatic heterocycles. The molecule has 4 aliphatic heterocycles. The lowest BCUT2D eigenvalue weighted by Gasteiger charge is -2.37. The first-order valence-corrected chi connectivity index (χ1v) is 19.4. The molecular formula is C39H67NO9. The van der Waals surface area contributed by atoms with Crippen LogP contribution in [0.2, 0.25) is 0 Å². The van der Waals surface area contributed by atoms with Gasteiger partial charge in [-0.25, -0.2) is 4.79 Å². The molecule has 0 radical (unpaired) electrons. The minimum atomic E-state index is -0.559. The fraction of sp³-hybridized carbons (Fsp3) is 0.923. The quantitative estimate of drug-likeness (QED) is 0.178. The summed E-state index contributed by atoms with van der Waals surface area (Å²) in [6, 6.07) is 0.00383. The average Bonchev–Trinajstić information content (AvgIpc) is 3.82. The van der Waals surface area contributed by atoms with Gasteiger partial charge < -0.3 is 33.3 Å². The average molecular weight is 694 g/mol. The first-order valence-electron chi connectivity index (χ1n) is 19.4. The van der Waals surface area contributed by atoms with Crippen LogP contribution >= 0.6 is 0 Å². The molecule has 4 heterocycles. The normalized spacial score (nSPS) is 37.3. The Hall–Kier alpha value is -1.91. The minimum Gasteiger partial charge on any atom is -0.462 e. The van der Waals surface area contributed by atoms with Gasteiger partial charge in [0.2, 0.25) is 0 Å². The van der Waals surface area contributed by atoms with E-state index in [4.69, 9.17) is 28.4 Å². The van der Waals surface area contributed by atoms with Gasteiger partial charge in [0.15, 0.2) is 0 Å². The molecular weight excluding hydrogens is 626 g/mol. The van der Waals surface area contributed by atoms with E-state index in [9.17, 15) is 14.4 Å². The number of cyclic esters (lactones) is 2. The Morgan fingerprint density at radius 1 is 0.837 bits per heavy atom. The monoisotopic (exact) mass is 693 g/mol.